The van der Waals surface area contributed by atoms with Crippen LogP contribution in [0, 0.1) is 5.82 Å². The molecule has 33 heavy (non-hydrogen) atoms. The maximum absolute atomic E-state index is 13.7. The quantitative estimate of drug-likeness (QED) is 0.416. The molecule has 4 N–H and O–H groups in total. The largest absolute Gasteiger partial charge is 0.394 e. The molecular weight excluding hydrogens is 423 g/mol. The van der Waals surface area contributed by atoms with Crippen LogP contribution in [0.4, 0.5) is 10.2 Å². The summed E-state index contributed by atoms with van der Waals surface area (Å²) >= 11 is 0. The van der Waals surface area contributed by atoms with Crippen molar-refractivity contribution in [2.45, 2.75) is 24.9 Å². The lowest BCUT2D eigenvalue weighted by molar-refractivity contribution is 0.0110. The summed E-state index contributed by atoms with van der Waals surface area (Å²) in [6.45, 7) is 5.49. The molecule has 1 saturated heterocycles. The van der Waals surface area contributed by atoms with Gasteiger partial charge in [-0.2, -0.15) is 9.61 Å². The Bertz CT molecular complexity index is 1350. The zero-order valence-electron chi connectivity index (χ0n) is 18.1. The highest BCUT2D eigenvalue weighted by molar-refractivity contribution is 5.87. The maximum atomic E-state index is 13.7. The number of pyridine rings is 1. The number of nitrogens with one attached hydrogen (secondary N) is 1. The molecule has 1 aliphatic rings. The molecule has 9 heteroatoms. The van der Waals surface area contributed by atoms with E-state index in [0.29, 0.717) is 66.2 Å². The van der Waals surface area contributed by atoms with Crippen LogP contribution >= 0.6 is 0 Å². The number of rotatable bonds is 6. The van der Waals surface area contributed by atoms with Crippen LogP contribution in [0.2, 0.25) is 0 Å². The number of hydrogen-bond donors (Lipinski definition) is 3. The van der Waals surface area contributed by atoms with Crippen molar-refractivity contribution in [3.8, 4) is 11.1 Å². The fourth-order valence-electron chi connectivity index (χ4n) is 4.31. The molecule has 0 amide bonds. The van der Waals surface area contributed by atoms with Crippen molar-refractivity contribution < 1.29 is 14.2 Å². The number of hydrogen-bond acceptors (Lipinski definition) is 7. The molecule has 3 aromatic heterocycles. The Kier molecular flexibility index (Phi) is 5.53. The number of nitrogens with two attached hydrogens (primary N) is 1. The first kappa shape index (κ1) is 21.4. The van der Waals surface area contributed by atoms with Gasteiger partial charge in [0.05, 0.1) is 24.0 Å². The average molecular weight is 449 g/mol. The molecule has 4 heterocycles. The predicted octanol–water partition coefficient (Wildman–Crippen LogP) is 2.94. The Hall–Kier alpha value is -3.40. The van der Waals surface area contributed by atoms with Crippen molar-refractivity contribution >= 4 is 28.4 Å². The standard InChI is InChI=1S/C24H25FN6O2/c1-2-18-21(13-28-24(14-32)5-7-33-8-6-24)30-23-19(12-29-31(23)22(18)26)16-9-15-10-17(25)3-4-20(15)27-11-16/h2-4,9-12,28,32H,1,5-8,13-14,26H2. The summed E-state index contributed by atoms with van der Waals surface area (Å²) in [5.41, 5.74) is 10.2. The van der Waals surface area contributed by atoms with Crippen molar-refractivity contribution in [1.82, 2.24) is 24.9 Å². The van der Waals surface area contributed by atoms with Gasteiger partial charge in [-0.15, -0.1) is 0 Å². The summed E-state index contributed by atoms with van der Waals surface area (Å²) in [5, 5.41) is 18.6. The maximum Gasteiger partial charge on any atom is 0.165 e. The molecule has 0 aliphatic carbocycles. The third-order valence-electron chi connectivity index (χ3n) is 6.34. The number of aliphatic hydroxyl groups excluding tert-OH is 1. The SMILES string of the molecule is C=Cc1c(CNC2(CO)CCOCC2)nc2c(-c3cnc4ccc(F)cc4c3)cnn2c1N. The van der Waals surface area contributed by atoms with E-state index in [0.717, 1.165) is 11.1 Å². The fourth-order valence-corrected chi connectivity index (χ4v) is 4.31. The second-order valence-corrected chi connectivity index (χ2v) is 8.32. The van der Waals surface area contributed by atoms with Crippen LogP contribution in [-0.2, 0) is 11.3 Å². The van der Waals surface area contributed by atoms with Crippen molar-refractivity contribution in [2.24, 2.45) is 0 Å². The van der Waals surface area contributed by atoms with Gasteiger partial charge in [-0.1, -0.05) is 12.7 Å². The molecule has 0 radical (unpaired) electrons. The first-order chi connectivity index (χ1) is 16.0. The number of nitrogens with zero attached hydrogens (tertiary/aromatic N) is 4. The van der Waals surface area contributed by atoms with Crippen molar-refractivity contribution in [2.75, 3.05) is 25.6 Å². The zero-order chi connectivity index (χ0) is 23.0. The van der Waals surface area contributed by atoms with Crippen LogP contribution in [0.5, 0.6) is 0 Å². The van der Waals surface area contributed by atoms with Gasteiger partial charge in [-0.3, -0.25) is 4.98 Å². The lowest BCUT2D eigenvalue weighted by atomic mass is 9.91. The third-order valence-corrected chi connectivity index (χ3v) is 6.34. The Balaban J connectivity index is 1.57. The number of aliphatic hydroxyl groups is 1. The van der Waals surface area contributed by atoms with Gasteiger partial charge in [0.2, 0.25) is 0 Å². The van der Waals surface area contributed by atoms with E-state index in [-0.39, 0.29) is 12.4 Å². The second kappa shape index (κ2) is 8.51. The van der Waals surface area contributed by atoms with Crippen molar-refractivity contribution in [3.63, 3.8) is 0 Å². The van der Waals surface area contributed by atoms with Gasteiger partial charge in [-0.05, 0) is 37.1 Å². The smallest absolute Gasteiger partial charge is 0.165 e. The van der Waals surface area contributed by atoms with Gasteiger partial charge in [0.25, 0.3) is 0 Å². The second-order valence-electron chi connectivity index (χ2n) is 8.32. The summed E-state index contributed by atoms with van der Waals surface area (Å²) in [6.07, 6.45) is 6.48. The molecule has 1 aliphatic heterocycles. The minimum Gasteiger partial charge on any atom is -0.394 e. The highest BCUT2D eigenvalue weighted by Gasteiger charge is 2.32. The minimum absolute atomic E-state index is 0.00869. The van der Waals surface area contributed by atoms with Crippen LogP contribution in [0.1, 0.15) is 24.1 Å². The molecule has 5 rings (SSSR count). The predicted molar refractivity (Wildman–Crippen MR) is 125 cm³/mol. The lowest BCUT2D eigenvalue weighted by Crippen LogP contribution is -2.52. The molecule has 0 bridgehead atoms. The minimum atomic E-state index is -0.422. The molecular formula is C24H25FN6O2. The fraction of sp³-hybridized carbons (Fsp3) is 0.292. The highest BCUT2D eigenvalue weighted by atomic mass is 19.1. The molecule has 1 fully saturated rings. The van der Waals surface area contributed by atoms with Crippen LogP contribution in [0.25, 0.3) is 33.8 Å². The monoisotopic (exact) mass is 448 g/mol. The third kappa shape index (κ3) is 3.84. The first-order valence-electron chi connectivity index (χ1n) is 10.8. The van der Waals surface area contributed by atoms with Crippen molar-refractivity contribution in [1.29, 1.82) is 0 Å². The summed E-state index contributed by atoms with van der Waals surface area (Å²) in [7, 11) is 0. The van der Waals surface area contributed by atoms with Gasteiger partial charge in [0.15, 0.2) is 5.65 Å². The number of benzene rings is 1. The molecule has 8 nitrogen and oxygen atoms in total. The normalized spacial score (nSPS) is 15.8. The number of ether oxygens (including phenoxy) is 1. The Morgan fingerprint density at radius 1 is 1.27 bits per heavy atom. The molecule has 0 atom stereocenters. The molecule has 170 valence electrons. The van der Waals surface area contributed by atoms with Gasteiger partial charge in [0.1, 0.15) is 11.6 Å². The van der Waals surface area contributed by atoms with E-state index in [1.165, 1.54) is 12.1 Å². The van der Waals surface area contributed by atoms with E-state index < -0.39 is 5.54 Å². The summed E-state index contributed by atoms with van der Waals surface area (Å²) < 4.78 is 20.8. The van der Waals surface area contributed by atoms with E-state index in [1.807, 2.05) is 6.07 Å². The number of anilines is 1. The van der Waals surface area contributed by atoms with Gasteiger partial charge < -0.3 is 20.9 Å². The topological polar surface area (TPSA) is 111 Å². The molecule has 1 aromatic carbocycles. The van der Waals surface area contributed by atoms with Gasteiger partial charge in [0, 0.05) is 53.6 Å². The first-order valence-corrected chi connectivity index (χ1v) is 10.8. The molecule has 0 unspecified atom stereocenters. The lowest BCUT2D eigenvalue weighted by Gasteiger charge is -2.36. The van der Waals surface area contributed by atoms with Gasteiger partial charge >= 0.3 is 0 Å². The van der Waals surface area contributed by atoms with Crippen LogP contribution in [0.15, 0.2) is 43.2 Å². The Morgan fingerprint density at radius 3 is 2.85 bits per heavy atom. The van der Waals surface area contributed by atoms with Crippen LogP contribution in [-0.4, -0.2) is 50.0 Å². The highest BCUT2D eigenvalue weighted by Crippen LogP contribution is 2.30. The number of halogens is 1. The van der Waals surface area contributed by atoms with Crippen LogP contribution < -0.4 is 11.1 Å². The van der Waals surface area contributed by atoms with Crippen molar-refractivity contribution in [3.05, 3.63) is 60.3 Å². The summed E-state index contributed by atoms with van der Waals surface area (Å²) in [5.74, 6) is 0.0986. The summed E-state index contributed by atoms with van der Waals surface area (Å²) in [6, 6.07) is 6.35. The number of nitrogen functional groups attached to an aromatic ring is 1. The molecule has 4 aromatic rings. The van der Waals surface area contributed by atoms with Gasteiger partial charge in [-0.25, -0.2) is 9.37 Å². The van der Waals surface area contributed by atoms with E-state index in [1.54, 1.807) is 29.1 Å². The Morgan fingerprint density at radius 2 is 2.09 bits per heavy atom. The molecule has 0 spiro atoms. The number of fused-ring (bicyclic) bond motifs is 2. The Labute approximate surface area is 189 Å². The molecule has 0 saturated carbocycles. The van der Waals surface area contributed by atoms with E-state index in [9.17, 15) is 9.50 Å². The van der Waals surface area contributed by atoms with E-state index >= 15 is 0 Å². The van der Waals surface area contributed by atoms with Crippen LogP contribution in [0.3, 0.4) is 0 Å². The number of aromatic nitrogens is 4. The average Bonchev–Trinajstić information content (AvgIpc) is 3.27. The van der Waals surface area contributed by atoms with E-state index in [4.69, 9.17) is 15.5 Å². The summed E-state index contributed by atoms with van der Waals surface area (Å²) in [4.78, 5) is 9.31. The van der Waals surface area contributed by atoms with E-state index in [2.05, 4.69) is 22.0 Å². The zero-order valence-corrected chi connectivity index (χ0v) is 18.1.